The van der Waals surface area contributed by atoms with Crippen LogP contribution in [0.5, 0.6) is 0 Å². The zero-order valence-corrected chi connectivity index (χ0v) is 9.87. The van der Waals surface area contributed by atoms with Gasteiger partial charge in [0.1, 0.15) is 0 Å². The Kier molecular flexibility index (Phi) is 5.65. The Morgan fingerprint density at radius 1 is 1.20 bits per heavy atom. The van der Waals surface area contributed by atoms with Crippen molar-refractivity contribution in [2.24, 2.45) is 0 Å². The van der Waals surface area contributed by atoms with E-state index in [1.165, 1.54) is 0 Å². The molecule has 1 aliphatic rings. The molecule has 0 radical (unpaired) electrons. The van der Waals surface area contributed by atoms with Gasteiger partial charge >= 0.3 is 0 Å². The summed E-state index contributed by atoms with van der Waals surface area (Å²) in [4.78, 5) is 15.7. The van der Waals surface area contributed by atoms with Gasteiger partial charge in [-0.15, -0.1) is 0 Å². The lowest BCUT2D eigenvalue weighted by Gasteiger charge is -2.34. The third-order valence-electron chi connectivity index (χ3n) is 2.78. The predicted octanol–water partition coefficient (Wildman–Crippen LogP) is 0.577. The van der Waals surface area contributed by atoms with Crippen molar-refractivity contribution in [3.05, 3.63) is 0 Å². The van der Waals surface area contributed by atoms with Crippen LogP contribution < -0.4 is 0 Å². The summed E-state index contributed by atoms with van der Waals surface area (Å²) >= 11 is 0. The molecule has 15 heavy (non-hydrogen) atoms. The van der Waals surface area contributed by atoms with Crippen LogP contribution in [0, 0.1) is 0 Å². The van der Waals surface area contributed by atoms with E-state index in [0.717, 1.165) is 45.9 Å². The molecule has 0 aliphatic carbocycles. The molecular formula is C11H22N2O2. The minimum atomic E-state index is 0.277. The maximum atomic E-state index is 11.4. The first-order chi connectivity index (χ1) is 7.27. The first-order valence-electron chi connectivity index (χ1n) is 5.85. The Hall–Kier alpha value is -0.610. The van der Waals surface area contributed by atoms with Gasteiger partial charge in [-0.2, -0.15) is 0 Å². The molecule has 0 N–H and O–H groups in total. The molecule has 4 heteroatoms. The lowest BCUT2D eigenvalue weighted by Crippen LogP contribution is -2.49. The average Bonchev–Trinajstić information content (AvgIpc) is 2.29. The summed E-state index contributed by atoms with van der Waals surface area (Å²) in [6.45, 7) is 10.2. The largest absolute Gasteiger partial charge is 0.380 e. The number of rotatable bonds is 5. The highest BCUT2D eigenvalue weighted by molar-refractivity contribution is 5.75. The van der Waals surface area contributed by atoms with E-state index in [-0.39, 0.29) is 5.91 Å². The van der Waals surface area contributed by atoms with Crippen molar-refractivity contribution in [2.45, 2.75) is 20.3 Å². The van der Waals surface area contributed by atoms with Gasteiger partial charge in [0.25, 0.3) is 0 Å². The molecule has 1 saturated heterocycles. The molecule has 1 amide bonds. The summed E-state index contributed by atoms with van der Waals surface area (Å²) in [7, 11) is 0. The molecule has 1 aliphatic heterocycles. The normalized spacial score (nSPS) is 18.1. The highest BCUT2D eigenvalue weighted by Crippen LogP contribution is 2.03. The van der Waals surface area contributed by atoms with Crippen molar-refractivity contribution in [1.29, 1.82) is 0 Å². The molecule has 88 valence electrons. The Morgan fingerprint density at radius 2 is 1.87 bits per heavy atom. The molecule has 0 bridgehead atoms. The molecule has 0 unspecified atom stereocenters. The zero-order valence-electron chi connectivity index (χ0n) is 9.87. The molecule has 0 spiro atoms. The van der Waals surface area contributed by atoms with Gasteiger partial charge in [-0.3, -0.25) is 9.69 Å². The summed E-state index contributed by atoms with van der Waals surface area (Å²) in [6.07, 6.45) is 0.624. The molecule has 1 fully saturated rings. The summed E-state index contributed by atoms with van der Waals surface area (Å²) in [5, 5.41) is 0. The maximum absolute atomic E-state index is 11.4. The number of carbonyl (C=O) groups is 1. The smallest absolute Gasteiger partial charge is 0.222 e. The van der Waals surface area contributed by atoms with Gasteiger partial charge in [-0.1, -0.05) is 6.92 Å². The minimum absolute atomic E-state index is 0.277. The molecule has 0 saturated carbocycles. The number of carbonyl (C=O) groups excluding carboxylic acids is 1. The molecular weight excluding hydrogens is 192 g/mol. The number of piperazine rings is 1. The Morgan fingerprint density at radius 3 is 2.40 bits per heavy atom. The van der Waals surface area contributed by atoms with Crippen molar-refractivity contribution in [1.82, 2.24) is 9.80 Å². The second-order valence-electron chi connectivity index (χ2n) is 3.77. The van der Waals surface area contributed by atoms with Gasteiger partial charge in [0.05, 0.1) is 6.61 Å². The van der Waals surface area contributed by atoms with Crippen LogP contribution >= 0.6 is 0 Å². The molecule has 0 aromatic heterocycles. The second-order valence-corrected chi connectivity index (χ2v) is 3.77. The summed E-state index contributed by atoms with van der Waals surface area (Å²) < 4.78 is 5.31. The van der Waals surface area contributed by atoms with Crippen molar-refractivity contribution in [3.63, 3.8) is 0 Å². The van der Waals surface area contributed by atoms with Gasteiger partial charge < -0.3 is 9.64 Å². The summed E-state index contributed by atoms with van der Waals surface area (Å²) in [5.74, 6) is 0.277. The van der Waals surface area contributed by atoms with Crippen molar-refractivity contribution in [2.75, 3.05) is 45.9 Å². The zero-order chi connectivity index (χ0) is 11.1. The lowest BCUT2D eigenvalue weighted by molar-refractivity contribution is -0.132. The highest BCUT2D eigenvalue weighted by Gasteiger charge is 2.19. The van der Waals surface area contributed by atoms with E-state index in [4.69, 9.17) is 4.74 Å². The molecule has 4 nitrogen and oxygen atoms in total. The Labute approximate surface area is 92.2 Å². The molecule has 1 heterocycles. The van der Waals surface area contributed by atoms with E-state index in [1.807, 2.05) is 18.7 Å². The number of hydrogen-bond donors (Lipinski definition) is 0. The van der Waals surface area contributed by atoms with E-state index < -0.39 is 0 Å². The van der Waals surface area contributed by atoms with Gasteiger partial charge in [0.15, 0.2) is 0 Å². The maximum Gasteiger partial charge on any atom is 0.222 e. The van der Waals surface area contributed by atoms with Crippen LogP contribution in [0.2, 0.25) is 0 Å². The monoisotopic (exact) mass is 214 g/mol. The molecule has 1 rings (SSSR count). The molecule has 0 aromatic rings. The van der Waals surface area contributed by atoms with Gasteiger partial charge in [0, 0.05) is 45.8 Å². The highest BCUT2D eigenvalue weighted by atomic mass is 16.5. The quantitative estimate of drug-likeness (QED) is 0.628. The van der Waals surface area contributed by atoms with Crippen molar-refractivity contribution < 1.29 is 9.53 Å². The van der Waals surface area contributed by atoms with E-state index in [1.54, 1.807) is 0 Å². The first kappa shape index (κ1) is 12.5. The third-order valence-corrected chi connectivity index (χ3v) is 2.78. The minimum Gasteiger partial charge on any atom is -0.380 e. The fraction of sp³-hybridized carbons (Fsp3) is 0.909. The Balaban J connectivity index is 2.15. The van der Waals surface area contributed by atoms with E-state index in [9.17, 15) is 4.79 Å². The van der Waals surface area contributed by atoms with E-state index >= 15 is 0 Å². The van der Waals surface area contributed by atoms with Crippen LogP contribution in [-0.2, 0) is 9.53 Å². The van der Waals surface area contributed by atoms with Crippen LogP contribution in [0.25, 0.3) is 0 Å². The SMILES string of the molecule is CCOCCN1CCN(C(=O)CC)CC1. The second kappa shape index (κ2) is 6.80. The third kappa shape index (κ3) is 4.18. The number of amides is 1. The van der Waals surface area contributed by atoms with Crippen LogP contribution in [0.15, 0.2) is 0 Å². The van der Waals surface area contributed by atoms with Crippen LogP contribution in [0.4, 0.5) is 0 Å². The van der Waals surface area contributed by atoms with Gasteiger partial charge in [-0.25, -0.2) is 0 Å². The number of ether oxygens (including phenoxy) is 1. The van der Waals surface area contributed by atoms with E-state index in [0.29, 0.717) is 6.42 Å². The van der Waals surface area contributed by atoms with Crippen molar-refractivity contribution >= 4 is 5.91 Å². The predicted molar refractivity (Wildman–Crippen MR) is 59.8 cm³/mol. The van der Waals surface area contributed by atoms with Crippen molar-refractivity contribution in [3.8, 4) is 0 Å². The Bertz CT molecular complexity index is 189. The summed E-state index contributed by atoms with van der Waals surface area (Å²) in [6, 6.07) is 0. The van der Waals surface area contributed by atoms with E-state index in [2.05, 4.69) is 4.90 Å². The first-order valence-corrected chi connectivity index (χ1v) is 5.85. The van der Waals surface area contributed by atoms with Gasteiger partial charge in [0.2, 0.25) is 5.91 Å². The van der Waals surface area contributed by atoms with Gasteiger partial charge in [-0.05, 0) is 6.92 Å². The van der Waals surface area contributed by atoms with Crippen LogP contribution in [0.1, 0.15) is 20.3 Å². The average molecular weight is 214 g/mol. The van der Waals surface area contributed by atoms with Crippen LogP contribution in [-0.4, -0.2) is 61.6 Å². The number of nitrogens with zero attached hydrogens (tertiary/aromatic N) is 2. The van der Waals surface area contributed by atoms with Crippen LogP contribution in [0.3, 0.4) is 0 Å². The number of hydrogen-bond acceptors (Lipinski definition) is 3. The topological polar surface area (TPSA) is 32.8 Å². The fourth-order valence-corrected chi connectivity index (χ4v) is 1.78. The summed E-state index contributed by atoms with van der Waals surface area (Å²) in [5.41, 5.74) is 0. The molecule has 0 atom stereocenters. The molecule has 0 aromatic carbocycles. The fourth-order valence-electron chi connectivity index (χ4n) is 1.78. The lowest BCUT2D eigenvalue weighted by atomic mass is 10.3. The standard InChI is InChI=1S/C11H22N2O2/c1-3-11(14)13-7-5-12(6-8-13)9-10-15-4-2/h3-10H2,1-2H3.